The van der Waals surface area contributed by atoms with E-state index in [0.717, 1.165) is 11.0 Å². The molecule has 2 amide bonds. The average molecular weight is 298 g/mol. The number of nitrogens with one attached hydrogen (secondary N) is 2. The summed E-state index contributed by atoms with van der Waals surface area (Å²) in [6.07, 6.45) is 0. The van der Waals surface area contributed by atoms with E-state index in [9.17, 15) is 4.79 Å². The molecule has 8 heteroatoms. The predicted octanol–water partition coefficient (Wildman–Crippen LogP) is -2.92. The Bertz CT molecular complexity index is 214. The van der Waals surface area contributed by atoms with Gasteiger partial charge in [-0.3, -0.25) is 0 Å². The van der Waals surface area contributed by atoms with Crippen molar-refractivity contribution in [3.05, 3.63) is 0 Å². The fraction of sp³-hybridized carbons (Fsp3) is 0.833. The van der Waals surface area contributed by atoms with Crippen molar-refractivity contribution in [2.24, 2.45) is 0 Å². The fourth-order valence-electron chi connectivity index (χ4n) is 1.05. The van der Waals surface area contributed by atoms with Gasteiger partial charge in [0.1, 0.15) is 0 Å². The van der Waals surface area contributed by atoms with Crippen LogP contribution in [0.2, 0.25) is 0 Å². The van der Waals surface area contributed by atoms with Gasteiger partial charge >= 0.3 is 85.6 Å². The minimum absolute atomic E-state index is 0. The number of hydrogen-bond donors (Lipinski definition) is 2. The molecule has 0 aliphatic carbocycles. The number of rotatable bonds is 4. The molecule has 0 atom stereocenters. The van der Waals surface area contributed by atoms with Crippen molar-refractivity contribution in [1.82, 2.24) is 8.12 Å². The van der Waals surface area contributed by atoms with Gasteiger partial charge in [0.15, 0.2) is 0 Å². The van der Waals surface area contributed by atoms with E-state index in [1.54, 1.807) is 0 Å². The second-order valence-corrected chi connectivity index (χ2v) is 14.2. The van der Waals surface area contributed by atoms with Crippen LogP contribution in [0.5, 0.6) is 0 Å². The van der Waals surface area contributed by atoms with Crippen molar-refractivity contribution in [3.8, 4) is 0 Å². The minimum Gasteiger partial charge on any atom is -1.00 e. The first-order valence-electron chi connectivity index (χ1n) is 4.41. The second kappa shape index (κ2) is 4.95. The Kier molecular flexibility index (Phi) is 5.09. The van der Waals surface area contributed by atoms with Gasteiger partial charge in [0.25, 0.3) is 0 Å². The third-order valence-corrected chi connectivity index (χ3v) is 9.20. The first-order chi connectivity index (χ1) is 5.81. The topological polar surface area (TPSA) is 50.4 Å². The Morgan fingerprint density at radius 3 is 2.29 bits per heavy atom. The maximum atomic E-state index is 10.5. The van der Waals surface area contributed by atoms with E-state index < -0.39 is 14.6 Å². The van der Waals surface area contributed by atoms with Crippen LogP contribution in [-0.2, 0) is 18.2 Å². The molecule has 0 aromatic carbocycles. The van der Waals surface area contributed by atoms with Gasteiger partial charge in [-0.1, -0.05) is 0 Å². The summed E-state index contributed by atoms with van der Waals surface area (Å²) >= 11 is -3.34. The average Bonchev–Trinajstić information content (AvgIpc) is 1.80. The number of hydrogen-bond acceptors (Lipinski definition) is 2. The van der Waals surface area contributed by atoms with Crippen molar-refractivity contribution in [1.29, 1.82) is 0 Å². The summed E-state index contributed by atoms with van der Waals surface area (Å²) in [4.78, 5) is 10.5. The molecule has 1 heterocycles. The van der Waals surface area contributed by atoms with Crippen LogP contribution >= 0.6 is 9.69 Å². The van der Waals surface area contributed by atoms with E-state index in [2.05, 4.69) is 29.3 Å². The molecule has 1 aliphatic heterocycles. The number of halogens is 2. The summed E-state index contributed by atoms with van der Waals surface area (Å²) in [7, 11) is 12.2. The van der Waals surface area contributed by atoms with Crippen LogP contribution in [0, 0.1) is 0 Å². The molecule has 1 fully saturated rings. The van der Waals surface area contributed by atoms with E-state index in [1.165, 1.54) is 0 Å². The number of nitrogens with zero attached hydrogens (tertiary/aromatic N) is 1. The number of carbonyl (C=O) groups is 1. The Hall–Kier alpha value is 0.393. The van der Waals surface area contributed by atoms with Crippen molar-refractivity contribution in [2.45, 2.75) is 0 Å². The van der Waals surface area contributed by atoms with Gasteiger partial charge < -0.3 is 12.4 Å². The van der Waals surface area contributed by atoms with Crippen LogP contribution < -0.4 is 20.5 Å². The first-order valence-corrected chi connectivity index (χ1v) is 12.5. The maximum absolute atomic E-state index is 10.5. The molecule has 0 aromatic heterocycles. The standard InChI is InChI=1S/C5H13NO.CH3N2O.2ClH.Zn/c1-6(2,3)4-5-7;2-1(3)4;;;/h4-5H2,1-3H3;(H3-,2,3,4);2*1H;/q;-1;;;+4/p-3. The van der Waals surface area contributed by atoms with E-state index in [4.69, 9.17) is 13.3 Å². The molecule has 5 nitrogen and oxygen atoms in total. The zero-order valence-electron chi connectivity index (χ0n) is 8.64. The van der Waals surface area contributed by atoms with Crippen LogP contribution in [0.25, 0.3) is 0 Å². The largest absolute Gasteiger partial charge is 1.00 e. The van der Waals surface area contributed by atoms with Crippen LogP contribution in [0.4, 0.5) is 4.79 Å². The SMILES string of the molecule is C[N+](C)(C)CC[O][Zn]1([Cl])[NH]C(=O)[NH]1.[Cl-]. The van der Waals surface area contributed by atoms with Crippen molar-refractivity contribution in [2.75, 3.05) is 34.3 Å². The maximum Gasteiger partial charge on any atom is -1.00 e. The van der Waals surface area contributed by atoms with E-state index in [-0.39, 0.29) is 18.4 Å². The number of urea groups is 1. The minimum atomic E-state index is -3.34. The van der Waals surface area contributed by atoms with Gasteiger partial charge in [-0.15, -0.1) is 0 Å². The summed E-state index contributed by atoms with van der Waals surface area (Å²) in [5.41, 5.74) is 0. The molecule has 0 spiro atoms. The summed E-state index contributed by atoms with van der Waals surface area (Å²) in [5, 5.41) is 0. The monoisotopic (exact) mass is 295 g/mol. The van der Waals surface area contributed by atoms with Gasteiger partial charge in [-0.05, 0) is 0 Å². The van der Waals surface area contributed by atoms with Crippen LogP contribution in [0.1, 0.15) is 0 Å². The molecule has 0 bridgehead atoms. The van der Waals surface area contributed by atoms with Crippen LogP contribution in [0.3, 0.4) is 0 Å². The molecule has 0 aromatic rings. The Balaban J connectivity index is 0.00000169. The summed E-state index contributed by atoms with van der Waals surface area (Å²) in [6.45, 7) is 1.46. The number of likely N-dealkylation sites (N-methyl/N-ethyl adjacent to an activating group) is 1. The van der Waals surface area contributed by atoms with Crippen molar-refractivity contribution >= 4 is 15.7 Å². The molecule has 14 heavy (non-hydrogen) atoms. The second-order valence-electron chi connectivity index (χ2n) is 4.45. The Morgan fingerprint density at radius 1 is 1.43 bits per heavy atom. The summed E-state index contributed by atoms with van der Waals surface area (Å²) in [6, 6.07) is -0.208. The van der Waals surface area contributed by atoms with E-state index in [1.807, 2.05) is 0 Å². The molecule has 0 saturated carbocycles. The predicted molar refractivity (Wildman–Crippen MR) is 46.4 cm³/mol. The molecule has 82 valence electrons. The van der Waals surface area contributed by atoms with Crippen molar-refractivity contribution < 1.29 is 39.9 Å². The smallest absolute Gasteiger partial charge is 1.00 e. The zero-order chi connectivity index (χ0) is 10.1. The molecular weight excluding hydrogens is 282 g/mol. The summed E-state index contributed by atoms with van der Waals surface area (Å²) < 4.78 is 11.5. The van der Waals surface area contributed by atoms with Gasteiger partial charge in [-0.25, -0.2) is 0 Å². The summed E-state index contributed by atoms with van der Waals surface area (Å²) in [5.74, 6) is 0. The third kappa shape index (κ3) is 4.76. The first kappa shape index (κ1) is 14.4. The number of amides is 2. The van der Waals surface area contributed by atoms with Gasteiger partial charge in [0, 0.05) is 0 Å². The van der Waals surface area contributed by atoms with Gasteiger partial charge in [0.2, 0.25) is 0 Å². The van der Waals surface area contributed by atoms with Crippen LogP contribution in [-0.4, -0.2) is 44.8 Å². The zero-order valence-corrected chi connectivity index (χ0v) is 13.1. The van der Waals surface area contributed by atoms with Gasteiger partial charge in [-0.2, -0.15) is 0 Å². The number of quaternary nitrogens is 1. The Labute approximate surface area is 97.9 Å². The van der Waals surface area contributed by atoms with E-state index in [0.29, 0.717) is 6.61 Å². The number of carbonyl (C=O) groups excluding carboxylic acids is 1. The Morgan fingerprint density at radius 2 is 1.93 bits per heavy atom. The van der Waals surface area contributed by atoms with Gasteiger partial charge in [0.05, 0.1) is 0 Å². The van der Waals surface area contributed by atoms with E-state index >= 15 is 0 Å². The molecule has 1 rings (SSSR count). The molecule has 2 N–H and O–H groups in total. The molecular formula is C6H15Cl2N3O2Zn. The fourth-order valence-corrected chi connectivity index (χ4v) is 6.15. The molecule has 1 saturated heterocycles. The third-order valence-electron chi connectivity index (χ3n) is 1.96. The normalized spacial score (nSPS) is 16.4. The molecule has 1 aliphatic rings. The van der Waals surface area contributed by atoms with Crippen LogP contribution in [0.15, 0.2) is 0 Å². The van der Waals surface area contributed by atoms with Crippen molar-refractivity contribution in [3.63, 3.8) is 0 Å². The molecule has 0 unspecified atom stereocenters. The molecule has 0 radical (unpaired) electrons. The quantitative estimate of drug-likeness (QED) is 0.431.